The maximum atomic E-state index is 12.1. The Labute approximate surface area is 129 Å². The van der Waals surface area contributed by atoms with Gasteiger partial charge >= 0.3 is 12.3 Å². The normalized spacial score (nSPS) is 17.7. The molecular formula is C12H13ClF3N3O3. The largest absolute Gasteiger partial charge is 0.439 e. The number of ether oxygens (including phenoxy) is 1. The molecule has 1 aliphatic heterocycles. The number of nitrogens with one attached hydrogen (secondary N) is 1. The van der Waals surface area contributed by atoms with E-state index in [4.69, 9.17) is 5.73 Å². The van der Waals surface area contributed by atoms with Crippen molar-refractivity contribution in [2.45, 2.75) is 12.2 Å². The average Bonchev–Trinajstić information content (AvgIpc) is 2.53. The molecule has 0 saturated heterocycles. The summed E-state index contributed by atoms with van der Waals surface area (Å²) in [6.45, 7) is -1.99. The fraction of sp³-hybridized carbons (Fsp3) is 0.333. The van der Waals surface area contributed by atoms with Gasteiger partial charge in [0.05, 0.1) is 17.9 Å². The molecule has 3 N–H and O–H groups in total. The molecule has 1 aromatic rings. The van der Waals surface area contributed by atoms with E-state index in [2.05, 4.69) is 10.1 Å². The van der Waals surface area contributed by atoms with Crippen LogP contribution in [0.15, 0.2) is 24.3 Å². The summed E-state index contributed by atoms with van der Waals surface area (Å²) in [5, 5.41) is 2.49. The van der Waals surface area contributed by atoms with Crippen LogP contribution in [0.3, 0.4) is 0 Å². The molecule has 1 aromatic carbocycles. The van der Waals surface area contributed by atoms with Crippen LogP contribution in [-0.4, -0.2) is 37.4 Å². The number of rotatable bonds is 1. The molecular weight excluding hydrogens is 327 g/mol. The predicted molar refractivity (Wildman–Crippen MR) is 75.0 cm³/mol. The van der Waals surface area contributed by atoms with Crippen molar-refractivity contribution in [3.05, 3.63) is 24.3 Å². The highest BCUT2D eigenvalue weighted by molar-refractivity contribution is 6.04. The van der Waals surface area contributed by atoms with Crippen LogP contribution < -0.4 is 16.0 Å². The second-order valence-corrected chi connectivity index (χ2v) is 4.39. The summed E-state index contributed by atoms with van der Waals surface area (Å²) in [6, 6.07) is 5.09. The summed E-state index contributed by atoms with van der Waals surface area (Å²) >= 11 is 0. The van der Waals surface area contributed by atoms with Crippen molar-refractivity contribution in [3.8, 4) is 0 Å². The molecule has 1 atom stereocenters. The molecule has 0 saturated carbocycles. The quantitative estimate of drug-likeness (QED) is 0.818. The maximum Gasteiger partial charge on any atom is 0.422 e. The number of halogens is 4. The predicted octanol–water partition coefficient (Wildman–Crippen LogP) is 1.89. The molecule has 122 valence electrons. The Kier molecular flexibility index (Phi) is 5.61. The van der Waals surface area contributed by atoms with Crippen molar-refractivity contribution in [2.75, 3.05) is 23.4 Å². The summed E-state index contributed by atoms with van der Waals surface area (Å²) in [6.07, 6.45) is -5.84. The van der Waals surface area contributed by atoms with Crippen LogP contribution in [0, 0.1) is 0 Å². The highest BCUT2D eigenvalue weighted by atomic mass is 35.5. The van der Waals surface area contributed by atoms with Crippen LogP contribution in [0.2, 0.25) is 0 Å². The minimum absolute atomic E-state index is 0. The summed E-state index contributed by atoms with van der Waals surface area (Å²) in [5.74, 6) is -0.534. The third-order valence-corrected chi connectivity index (χ3v) is 2.75. The maximum absolute atomic E-state index is 12.1. The minimum atomic E-state index is -4.63. The lowest BCUT2D eigenvalue weighted by Gasteiger charge is -2.23. The molecule has 22 heavy (non-hydrogen) atoms. The molecule has 1 heterocycles. The van der Waals surface area contributed by atoms with Gasteiger partial charge in [-0.15, -0.1) is 12.4 Å². The topological polar surface area (TPSA) is 84.7 Å². The molecule has 6 nitrogen and oxygen atoms in total. The van der Waals surface area contributed by atoms with E-state index in [9.17, 15) is 22.8 Å². The van der Waals surface area contributed by atoms with Crippen LogP contribution in [0.25, 0.3) is 0 Å². The Morgan fingerprint density at radius 3 is 2.68 bits per heavy atom. The molecule has 10 heteroatoms. The molecule has 0 spiro atoms. The van der Waals surface area contributed by atoms with Crippen molar-refractivity contribution < 1.29 is 27.5 Å². The third-order valence-electron chi connectivity index (χ3n) is 2.75. The zero-order valence-corrected chi connectivity index (χ0v) is 11.9. The third kappa shape index (κ3) is 4.25. The Hall–Kier alpha value is -2.00. The van der Waals surface area contributed by atoms with Crippen LogP contribution >= 0.6 is 12.4 Å². The minimum Gasteiger partial charge on any atom is -0.439 e. The van der Waals surface area contributed by atoms with Crippen LogP contribution in [0.4, 0.5) is 29.3 Å². The van der Waals surface area contributed by atoms with E-state index in [1.54, 1.807) is 12.1 Å². The van der Waals surface area contributed by atoms with Gasteiger partial charge in [-0.2, -0.15) is 13.2 Å². The van der Waals surface area contributed by atoms with Gasteiger partial charge in [0.15, 0.2) is 6.61 Å². The number of anilines is 2. The molecule has 0 aromatic heterocycles. The Bertz CT molecular complexity index is 568. The monoisotopic (exact) mass is 339 g/mol. The number of hydrogen-bond donors (Lipinski definition) is 2. The van der Waals surface area contributed by atoms with E-state index in [1.807, 2.05) is 0 Å². The van der Waals surface area contributed by atoms with Gasteiger partial charge in [0.2, 0.25) is 5.91 Å². The molecule has 2 rings (SSSR count). The number of alkyl halides is 3. The molecule has 0 aliphatic carbocycles. The molecule has 2 amide bonds. The number of benzene rings is 1. The highest BCUT2D eigenvalue weighted by Gasteiger charge is 2.34. The second-order valence-electron chi connectivity index (χ2n) is 4.39. The van der Waals surface area contributed by atoms with Gasteiger partial charge in [-0.3, -0.25) is 9.69 Å². The Balaban J connectivity index is 0.00000242. The van der Waals surface area contributed by atoms with Crippen molar-refractivity contribution >= 4 is 35.8 Å². The smallest absolute Gasteiger partial charge is 0.422 e. The summed E-state index contributed by atoms with van der Waals surface area (Å²) < 4.78 is 40.5. The lowest BCUT2D eigenvalue weighted by atomic mass is 10.2. The number of nitrogens with two attached hydrogens (primary N) is 1. The van der Waals surface area contributed by atoms with Gasteiger partial charge in [-0.25, -0.2) is 4.79 Å². The molecule has 1 unspecified atom stereocenters. The van der Waals surface area contributed by atoms with E-state index in [1.165, 1.54) is 12.1 Å². The molecule has 0 fully saturated rings. The van der Waals surface area contributed by atoms with E-state index >= 15 is 0 Å². The summed E-state index contributed by atoms with van der Waals surface area (Å²) in [7, 11) is 0. The fourth-order valence-electron chi connectivity index (χ4n) is 1.81. The number of hydrogen-bond acceptors (Lipinski definition) is 4. The first-order chi connectivity index (χ1) is 9.78. The van der Waals surface area contributed by atoms with E-state index in [0.29, 0.717) is 0 Å². The fourth-order valence-corrected chi connectivity index (χ4v) is 1.81. The Morgan fingerprint density at radius 2 is 2.05 bits per heavy atom. The van der Waals surface area contributed by atoms with Gasteiger partial charge in [0, 0.05) is 0 Å². The van der Waals surface area contributed by atoms with Crippen molar-refractivity contribution in [1.29, 1.82) is 0 Å². The number of nitrogens with zero attached hydrogens (tertiary/aromatic N) is 1. The standard InChI is InChI=1S/C12H12F3N3O3.ClH/c13-12(14,15)6-21-11(20)18-5-7(16)10(19)17-8-3-1-2-4-9(8)18;/h1-4,7H,5-6,16H2,(H,17,19);1H. The van der Waals surface area contributed by atoms with Crippen molar-refractivity contribution in [3.63, 3.8) is 0 Å². The van der Waals surface area contributed by atoms with Gasteiger partial charge in [-0.1, -0.05) is 12.1 Å². The van der Waals surface area contributed by atoms with Crippen LogP contribution in [0.1, 0.15) is 0 Å². The number of fused-ring (bicyclic) bond motifs is 1. The molecule has 0 radical (unpaired) electrons. The lowest BCUT2D eigenvalue weighted by Crippen LogP contribution is -2.45. The first-order valence-electron chi connectivity index (χ1n) is 5.94. The lowest BCUT2D eigenvalue weighted by molar-refractivity contribution is -0.159. The van der Waals surface area contributed by atoms with Crippen LogP contribution in [-0.2, 0) is 9.53 Å². The number of carbonyl (C=O) groups is 2. The number of amides is 2. The first kappa shape index (κ1) is 18.1. The molecule has 0 bridgehead atoms. The van der Waals surface area contributed by atoms with Gasteiger partial charge in [0.25, 0.3) is 0 Å². The summed E-state index contributed by atoms with van der Waals surface area (Å²) in [4.78, 5) is 24.4. The van der Waals surface area contributed by atoms with E-state index in [0.717, 1.165) is 4.90 Å². The van der Waals surface area contributed by atoms with Gasteiger partial charge in [0.1, 0.15) is 6.04 Å². The first-order valence-corrected chi connectivity index (χ1v) is 5.94. The van der Waals surface area contributed by atoms with Crippen LogP contribution in [0.5, 0.6) is 0 Å². The SMILES string of the molecule is Cl.NC1CN(C(=O)OCC(F)(F)F)c2ccccc2NC1=O. The number of para-hydroxylation sites is 2. The zero-order chi connectivity index (χ0) is 15.6. The second kappa shape index (κ2) is 6.84. The summed E-state index contributed by atoms with van der Waals surface area (Å²) in [5.41, 5.74) is 6.09. The van der Waals surface area contributed by atoms with Crippen molar-refractivity contribution in [1.82, 2.24) is 0 Å². The number of carbonyl (C=O) groups excluding carboxylic acids is 2. The van der Waals surface area contributed by atoms with Crippen molar-refractivity contribution in [2.24, 2.45) is 5.73 Å². The van der Waals surface area contributed by atoms with E-state index < -0.39 is 30.8 Å². The zero-order valence-electron chi connectivity index (χ0n) is 11.1. The van der Waals surface area contributed by atoms with Gasteiger partial charge < -0.3 is 15.8 Å². The average molecular weight is 340 g/mol. The van der Waals surface area contributed by atoms with Gasteiger partial charge in [-0.05, 0) is 12.1 Å². The highest BCUT2D eigenvalue weighted by Crippen LogP contribution is 2.29. The Morgan fingerprint density at radius 1 is 1.41 bits per heavy atom. The van der Waals surface area contributed by atoms with E-state index in [-0.39, 0.29) is 30.3 Å². The molecule has 1 aliphatic rings.